The summed E-state index contributed by atoms with van der Waals surface area (Å²) in [5, 5.41) is 1.03. The maximum atomic E-state index is 12.5. The van der Waals surface area contributed by atoms with Crippen molar-refractivity contribution in [3.8, 4) is 0 Å². The molecule has 2 amide bonds. The van der Waals surface area contributed by atoms with Crippen molar-refractivity contribution in [1.82, 2.24) is 9.80 Å². The molecule has 0 unspecified atom stereocenters. The zero-order valence-electron chi connectivity index (χ0n) is 14.2. The minimum Gasteiger partial charge on any atom is -0.459 e. The zero-order valence-corrected chi connectivity index (χ0v) is 14.2. The molecule has 1 aromatic carbocycles. The second kappa shape index (κ2) is 7.51. The Balaban J connectivity index is 1.60. The van der Waals surface area contributed by atoms with Crippen LogP contribution in [0.4, 0.5) is 0 Å². The van der Waals surface area contributed by atoms with E-state index in [1.807, 2.05) is 30.3 Å². The highest BCUT2D eigenvalue weighted by molar-refractivity contribution is 5.85. The van der Waals surface area contributed by atoms with Gasteiger partial charge in [-0.05, 0) is 25.0 Å². The van der Waals surface area contributed by atoms with Gasteiger partial charge < -0.3 is 14.2 Å². The van der Waals surface area contributed by atoms with Gasteiger partial charge in [0.25, 0.3) is 0 Å². The van der Waals surface area contributed by atoms with Crippen molar-refractivity contribution in [3.63, 3.8) is 0 Å². The number of benzene rings is 1. The van der Waals surface area contributed by atoms with E-state index in [0.717, 1.165) is 42.4 Å². The predicted molar refractivity (Wildman–Crippen MR) is 92.4 cm³/mol. The van der Waals surface area contributed by atoms with Crippen LogP contribution in [0.1, 0.15) is 37.9 Å². The Morgan fingerprint density at radius 1 is 1.21 bits per heavy atom. The van der Waals surface area contributed by atoms with Crippen LogP contribution in [0.25, 0.3) is 11.0 Å². The molecule has 5 nitrogen and oxygen atoms in total. The molecular weight excluding hydrogens is 304 g/mol. The minimum absolute atomic E-state index is 0.0515. The van der Waals surface area contributed by atoms with Gasteiger partial charge in [-0.2, -0.15) is 0 Å². The van der Waals surface area contributed by atoms with E-state index in [1.165, 1.54) is 0 Å². The molecule has 0 saturated carbocycles. The van der Waals surface area contributed by atoms with Gasteiger partial charge in [0.15, 0.2) is 0 Å². The van der Waals surface area contributed by atoms with Gasteiger partial charge in [-0.3, -0.25) is 9.59 Å². The van der Waals surface area contributed by atoms with Gasteiger partial charge in [-0.15, -0.1) is 0 Å². The quantitative estimate of drug-likeness (QED) is 0.866. The van der Waals surface area contributed by atoms with Crippen LogP contribution >= 0.6 is 0 Å². The highest BCUT2D eigenvalue weighted by atomic mass is 16.3. The molecule has 1 saturated heterocycles. The number of carbonyl (C=O) groups excluding carboxylic acids is 2. The van der Waals surface area contributed by atoms with Gasteiger partial charge in [-0.25, -0.2) is 0 Å². The number of amides is 2. The summed E-state index contributed by atoms with van der Waals surface area (Å²) in [6.07, 6.45) is 4.71. The summed E-state index contributed by atoms with van der Waals surface area (Å²) in [6.45, 7) is 1.26. The van der Waals surface area contributed by atoms with Gasteiger partial charge in [0.05, 0.1) is 13.1 Å². The molecule has 1 aliphatic rings. The van der Waals surface area contributed by atoms with Crippen molar-refractivity contribution in [2.24, 2.45) is 0 Å². The van der Waals surface area contributed by atoms with Crippen LogP contribution in [0, 0.1) is 0 Å². The van der Waals surface area contributed by atoms with Crippen molar-refractivity contribution in [1.29, 1.82) is 0 Å². The van der Waals surface area contributed by atoms with E-state index < -0.39 is 0 Å². The molecule has 1 fully saturated rings. The molecule has 0 radical (unpaired) electrons. The Hall–Kier alpha value is -2.30. The number of likely N-dealkylation sites (tertiary alicyclic amines) is 1. The lowest BCUT2D eigenvalue weighted by Gasteiger charge is -2.26. The molecule has 0 N–H and O–H groups in total. The number of para-hydroxylation sites is 1. The third-order valence-corrected chi connectivity index (χ3v) is 4.54. The summed E-state index contributed by atoms with van der Waals surface area (Å²) in [7, 11) is 1.75. The van der Waals surface area contributed by atoms with E-state index in [2.05, 4.69) is 0 Å². The first kappa shape index (κ1) is 16.6. The van der Waals surface area contributed by atoms with Crippen LogP contribution in [-0.4, -0.2) is 41.8 Å². The lowest BCUT2D eigenvalue weighted by Crippen LogP contribution is -2.42. The third kappa shape index (κ3) is 3.96. The number of hydrogen-bond donors (Lipinski definition) is 0. The first-order chi connectivity index (χ1) is 11.6. The monoisotopic (exact) mass is 328 g/mol. The second-order valence-electron chi connectivity index (χ2n) is 6.48. The van der Waals surface area contributed by atoms with Crippen LogP contribution in [0.15, 0.2) is 34.7 Å². The summed E-state index contributed by atoms with van der Waals surface area (Å²) in [5.74, 6) is 0.801. The summed E-state index contributed by atoms with van der Waals surface area (Å²) < 4.78 is 5.76. The Labute approximate surface area is 142 Å². The van der Waals surface area contributed by atoms with Crippen LogP contribution in [-0.2, 0) is 16.1 Å². The lowest BCUT2D eigenvalue weighted by atomic mass is 10.1. The fourth-order valence-corrected chi connectivity index (χ4v) is 3.10. The fraction of sp³-hybridized carbons (Fsp3) is 0.474. The number of furan rings is 1. The smallest absolute Gasteiger partial charge is 0.242 e. The van der Waals surface area contributed by atoms with E-state index in [9.17, 15) is 9.59 Å². The minimum atomic E-state index is -0.0515. The largest absolute Gasteiger partial charge is 0.459 e. The standard InChI is InChI=1S/C19H24N2O3/c1-20(13-16-12-15-8-5-6-9-17(15)24-16)19(23)14-21-11-7-3-2-4-10-18(21)22/h5-6,8-9,12H,2-4,7,10-11,13-14H2,1H3. The van der Waals surface area contributed by atoms with E-state index in [1.54, 1.807) is 16.8 Å². The molecular formula is C19H24N2O3. The molecule has 2 heterocycles. The van der Waals surface area contributed by atoms with Crippen LogP contribution in [0.3, 0.4) is 0 Å². The molecule has 2 aromatic rings. The normalized spacial score (nSPS) is 16.0. The fourth-order valence-electron chi connectivity index (χ4n) is 3.10. The number of nitrogens with zero attached hydrogens (tertiary/aromatic N) is 2. The first-order valence-corrected chi connectivity index (χ1v) is 8.62. The zero-order chi connectivity index (χ0) is 16.9. The SMILES string of the molecule is CN(Cc1cc2ccccc2o1)C(=O)CN1CCCCCCC1=O. The summed E-state index contributed by atoms with van der Waals surface area (Å²) in [4.78, 5) is 27.9. The highest BCUT2D eigenvalue weighted by Gasteiger charge is 2.21. The van der Waals surface area contributed by atoms with Gasteiger partial charge in [0.1, 0.15) is 11.3 Å². The van der Waals surface area contributed by atoms with Crippen LogP contribution in [0.2, 0.25) is 0 Å². The predicted octanol–water partition coefficient (Wildman–Crippen LogP) is 3.18. The average molecular weight is 328 g/mol. The topological polar surface area (TPSA) is 53.8 Å². The lowest BCUT2D eigenvalue weighted by molar-refractivity contribution is -0.140. The molecule has 1 aliphatic heterocycles. The Morgan fingerprint density at radius 3 is 2.83 bits per heavy atom. The highest BCUT2D eigenvalue weighted by Crippen LogP contribution is 2.20. The van der Waals surface area contributed by atoms with Gasteiger partial charge in [-0.1, -0.05) is 31.0 Å². The molecule has 128 valence electrons. The van der Waals surface area contributed by atoms with Crippen molar-refractivity contribution in [3.05, 3.63) is 36.1 Å². The summed E-state index contributed by atoms with van der Waals surface area (Å²) in [6, 6.07) is 9.75. The number of likely N-dealkylation sites (N-methyl/N-ethyl adjacent to an activating group) is 1. The van der Waals surface area contributed by atoms with Crippen molar-refractivity contribution in [2.45, 2.75) is 38.6 Å². The average Bonchev–Trinajstić information content (AvgIpc) is 2.96. The number of fused-ring (bicyclic) bond motifs is 1. The number of hydrogen-bond acceptors (Lipinski definition) is 3. The molecule has 0 spiro atoms. The third-order valence-electron chi connectivity index (χ3n) is 4.54. The van der Waals surface area contributed by atoms with E-state index in [-0.39, 0.29) is 18.4 Å². The number of rotatable bonds is 4. The maximum absolute atomic E-state index is 12.5. The molecule has 24 heavy (non-hydrogen) atoms. The van der Waals surface area contributed by atoms with Gasteiger partial charge in [0.2, 0.25) is 11.8 Å². The van der Waals surface area contributed by atoms with Gasteiger partial charge in [0, 0.05) is 25.4 Å². The molecule has 0 atom stereocenters. The molecule has 0 bridgehead atoms. The van der Waals surface area contributed by atoms with Crippen molar-refractivity contribution < 1.29 is 14.0 Å². The molecule has 0 aliphatic carbocycles. The molecule has 5 heteroatoms. The number of carbonyl (C=O) groups is 2. The van der Waals surface area contributed by atoms with E-state index in [4.69, 9.17) is 4.42 Å². The van der Waals surface area contributed by atoms with E-state index >= 15 is 0 Å². The summed E-state index contributed by atoms with van der Waals surface area (Å²) in [5.41, 5.74) is 0.826. The second-order valence-corrected chi connectivity index (χ2v) is 6.48. The Bertz CT molecular complexity index is 689. The van der Waals surface area contributed by atoms with Crippen LogP contribution < -0.4 is 0 Å². The Morgan fingerprint density at radius 2 is 2.00 bits per heavy atom. The molecule has 1 aromatic heterocycles. The first-order valence-electron chi connectivity index (χ1n) is 8.62. The van der Waals surface area contributed by atoms with Crippen molar-refractivity contribution in [2.75, 3.05) is 20.1 Å². The molecule has 3 rings (SSSR count). The van der Waals surface area contributed by atoms with Crippen molar-refractivity contribution >= 4 is 22.8 Å². The van der Waals surface area contributed by atoms with Crippen LogP contribution in [0.5, 0.6) is 0 Å². The maximum Gasteiger partial charge on any atom is 0.242 e. The Kier molecular flexibility index (Phi) is 5.18. The summed E-state index contributed by atoms with van der Waals surface area (Å²) >= 11 is 0. The van der Waals surface area contributed by atoms with E-state index in [0.29, 0.717) is 19.5 Å². The van der Waals surface area contributed by atoms with Gasteiger partial charge >= 0.3 is 0 Å².